The van der Waals surface area contributed by atoms with Crippen LogP contribution in [-0.4, -0.2) is 38.5 Å². The third-order valence-corrected chi connectivity index (χ3v) is 5.13. The van der Waals surface area contributed by atoms with E-state index < -0.39 is 10.0 Å². The molecular formula is C20H23N3O4S. The number of rotatable bonds is 8. The molecule has 2 aromatic carbocycles. The van der Waals surface area contributed by atoms with Gasteiger partial charge in [0.1, 0.15) is 0 Å². The summed E-state index contributed by atoms with van der Waals surface area (Å²) in [7, 11) is -2.12. The predicted octanol–water partition coefficient (Wildman–Crippen LogP) is 2.66. The Hall–Kier alpha value is -2.52. The van der Waals surface area contributed by atoms with E-state index in [0.717, 1.165) is 28.2 Å². The number of hydrogen-bond acceptors (Lipinski definition) is 5. The molecule has 0 saturated heterocycles. The quantitative estimate of drug-likeness (QED) is 0.586. The Morgan fingerprint density at radius 1 is 1.04 bits per heavy atom. The maximum atomic E-state index is 11.5. The molecule has 0 fully saturated rings. The van der Waals surface area contributed by atoms with Crippen LogP contribution in [0.4, 0.5) is 0 Å². The van der Waals surface area contributed by atoms with Gasteiger partial charge in [0.15, 0.2) is 0 Å². The van der Waals surface area contributed by atoms with Crippen LogP contribution >= 0.6 is 0 Å². The molecule has 7 nitrogen and oxygen atoms in total. The Bertz CT molecular complexity index is 1030. The topological polar surface area (TPSA) is 96.4 Å². The molecule has 0 aliphatic rings. The maximum absolute atomic E-state index is 11.5. The number of aromatic nitrogens is 2. The normalized spacial score (nSPS) is 11.7. The number of sulfonamides is 1. The summed E-state index contributed by atoms with van der Waals surface area (Å²) in [5, 5.41) is 9.83. The lowest BCUT2D eigenvalue weighted by Crippen LogP contribution is -2.12. The fraction of sp³-hybridized carbons (Fsp3) is 0.250. The summed E-state index contributed by atoms with van der Waals surface area (Å²) in [6, 6.07) is 16.4. The van der Waals surface area contributed by atoms with E-state index in [9.17, 15) is 8.42 Å². The number of hydrogen-bond donors (Lipinski definition) is 1. The van der Waals surface area contributed by atoms with Gasteiger partial charge in [-0.2, -0.15) is 5.10 Å². The van der Waals surface area contributed by atoms with Crippen LogP contribution in [0.25, 0.3) is 16.9 Å². The lowest BCUT2D eigenvalue weighted by Gasteiger charge is -2.09. The van der Waals surface area contributed by atoms with Gasteiger partial charge in [0.2, 0.25) is 10.0 Å². The summed E-state index contributed by atoms with van der Waals surface area (Å²) in [6.07, 6.45) is 0. The molecule has 1 heterocycles. The molecule has 1 aromatic heterocycles. The van der Waals surface area contributed by atoms with Gasteiger partial charge in [0.25, 0.3) is 0 Å². The second-order valence-corrected chi connectivity index (χ2v) is 7.94. The van der Waals surface area contributed by atoms with Crippen LogP contribution in [0.3, 0.4) is 0 Å². The minimum absolute atomic E-state index is 0.0587. The number of nitrogens with two attached hydrogens (primary N) is 1. The molecule has 3 rings (SSSR count). The highest BCUT2D eigenvalue weighted by molar-refractivity contribution is 7.89. The van der Waals surface area contributed by atoms with Gasteiger partial charge in [-0.1, -0.05) is 29.8 Å². The average molecular weight is 401 g/mol. The van der Waals surface area contributed by atoms with Gasteiger partial charge >= 0.3 is 0 Å². The average Bonchev–Trinajstić information content (AvgIpc) is 3.09. The van der Waals surface area contributed by atoms with Crippen molar-refractivity contribution in [2.45, 2.75) is 18.4 Å². The van der Waals surface area contributed by atoms with Gasteiger partial charge in [-0.3, -0.25) is 0 Å². The second-order valence-electron chi connectivity index (χ2n) is 6.38. The van der Waals surface area contributed by atoms with E-state index in [-0.39, 0.29) is 4.90 Å². The van der Waals surface area contributed by atoms with Crippen LogP contribution in [0, 0.1) is 6.92 Å². The van der Waals surface area contributed by atoms with E-state index in [0.29, 0.717) is 19.8 Å². The van der Waals surface area contributed by atoms with Gasteiger partial charge in [0, 0.05) is 12.7 Å². The molecule has 0 saturated carbocycles. The number of methoxy groups -OCH3 is 1. The van der Waals surface area contributed by atoms with Crippen molar-refractivity contribution in [1.29, 1.82) is 0 Å². The molecule has 0 atom stereocenters. The second kappa shape index (κ2) is 8.66. The van der Waals surface area contributed by atoms with Crippen molar-refractivity contribution in [3.8, 4) is 16.9 Å². The Kier molecular flexibility index (Phi) is 6.25. The van der Waals surface area contributed by atoms with Crippen molar-refractivity contribution in [1.82, 2.24) is 9.78 Å². The van der Waals surface area contributed by atoms with Crippen molar-refractivity contribution in [3.05, 3.63) is 65.9 Å². The molecule has 0 radical (unpaired) electrons. The predicted molar refractivity (Wildman–Crippen MR) is 107 cm³/mol. The van der Waals surface area contributed by atoms with E-state index in [1.165, 1.54) is 12.1 Å². The molecular weight excluding hydrogens is 378 g/mol. The highest BCUT2D eigenvalue weighted by Crippen LogP contribution is 2.25. The lowest BCUT2D eigenvalue weighted by molar-refractivity contribution is 0.0601. The highest BCUT2D eigenvalue weighted by Gasteiger charge is 2.14. The molecule has 0 bridgehead atoms. The third-order valence-electron chi connectivity index (χ3n) is 4.20. The molecule has 0 aliphatic carbocycles. The fourth-order valence-corrected chi connectivity index (χ4v) is 3.24. The summed E-state index contributed by atoms with van der Waals surface area (Å²) < 4.78 is 35.4. The van der Waals surface area contributed by atoms with Crippen LogP contribution in [0.15, 0.2) is 59.5 Å². The minimum Gasteiger partial charge on any atom is -0.382 e. The first kappa shape index (κ1) is 20.2. The lowest BCUT2D eigenvalue weighted by atomic mass is 10.1. The van der Waals surface area contributed by atoms with E-state index in [1.807, 2.05) is 37.3 Å². The van der Waals surface area contributed by atoms with Crippen LogP contribution in [0.2, 0.25) is 0 Å². The maximum Gasteiger partial charge on any atom is 0.238 e. The molecule has 0 amide bonds. The van der Waals surface area contributed by atoms with Gasteiger partial charge in [-0.05, 0) is 37.3 Å². The number of nitrogens with zero attached hydrogens (tertiary/aromatic N) is 2. The molecule has 0 aliphatic heterocycles. The Labute approximate surface area is 164 Å². The summed E-state index contributed by atoms with van der Waals surface area (Å²) in [6.45, 7) is 3.37. The first-order chi connectivity index (χ1) is 13.4. The van der Waals surface area contributed by atoms with Crippen LogP contribution < -0.4 is 5.14 Å². The van der Waals surface area contributed by atoms with Crippen molar-refractivity contribution >= 4 is 10.0 Å². The molecule has 2 N–H and O–H groups in total. The van der Waals surface area contributed by atoms with Crippen LogP contribution in [-0.2, 0) is 26.1 Å². The van der Waals surface area contributed by atoms with Gasteiger partial charge in [-0.15, -0.1) is 0 Å². The zero-order valence-corrected chi connectivity index (χ0v) is 16.6. The summed E-state index contributed by atoms with van der Waals surface area (Å²) in [5.41, 5.74) is 4.54. The van der Waals surface area contributed by atoms with E-state index >= 15 is 0 Å². The molecule has 28 heavy (non-hydrogen) atoms. The van der Waals surface area contributed by atoms with Gasteiger partial charge in [-0.25, -0.2) is 18.2 Å². The van der Waals surface area contributed by atoms with Gasteiger partial charge < -0.3 is 9.47 Å². The minimum atomic E-state index is -3.74. The standard InChI is InChI=1S/C20H23N3O4S/c1-15-3-5-16(6-4-15)20-13-17(14-27-12-11-26-2)22-23(20)18-7-9-19(10-8-18)28(21,24)25/h3-10,13H,11-12,14H2,1-2H3,(H2,21,24,25). The van der Waals surface area contributed by atoms with Crippen LogP contribution in [0.1, 0.15) is 11.3 Å². The van der Waals surface area contributed by atoms with E-state index in [4.69, 9.17) is 14.6 Å². The summed E-state index contributed by atoms with van der Waals surface area (Å²) >= 11 is 0. The van der Waals surface area contributed by atoms with Crippen molar-refractivity contribution in [2.24, 2.45) is 5.14 Å². The fourth-order valence-electron chi connectivity index (χ4n) is 2.72. The SMILES string of the molecule is COCCOCc1cc(-c2ccc(C)cc2)n(-c2ccc(S(N)(=O)=O)cc2)n1. The molecule has 3 aromatic rings. The molecule has 8 heteroatoms. The number of primary sulfonamides is 1. The van der Waals surface area contributed by atoms with E-state index in [2.05, 4.69) is 5.10 Å². The number of aryl methyl sites for hydroxylation is 1. The first-order valence-electron chi connectivity index (χ1n) is 8.74. The number of benzene rings is 2. The number of ether oxygens (including phenoxy) is 2. The molecule has 148 valence electrons. The smallest absolute Gasteiger partial charge is 0.238 e. The van der Waals surface area contributed by atoms with Crippen molar-refractivity contribution < 1.29 is 17.9 Å². The summed E-state index contributed by atoms with van der Waals surface area (Å²) in [4.78, 5) is 0.0587. The van der Waals surface area contributed by atoms with Crippen LogP contribution in [0.5, 0.6) is 0 Å². The largest absolute Gasteiger partial charge is 0.382 e. The van der Waals surface area contributed by atoms with Crippen molar-refractivity contribution in [2.75, 3.05) is 20.3 Å². The van der Waals surface area contributed by atoms with Gasteiger partial charge in [0.05, 0.1) is 41.8 Å². The Morgan fingerprint density at radius 3 is 2.32 bits per heavy atom. The Balaban J connectivity index is 1.97. The summed E-state index contributed by atoms with van der Waals surface area (Å²) in [5.74, 6) is 0. The highest BCUT2D eigenvalue weighted by atomic mass is 32.2. The molecule has 0 unspecified atom stereocenters. The first-order valence-corrected chi connectivity index (χ1v) is 10.3. The zero-order chi connectivity index (χ0) is 20.1. The monoisotopic (exact) mass is 401 g/mol. The third kappa shape index (κ3) is 4.85. The Morgan fingerprint density at radius 2 is 1.71 bits per heavy atom. The van der Waals surface area contributed by atoms with E-state index in [1.54, 1.807) is 23.9 Å². The molecule has 0 spiro atoms. The zero-order valence-electron chi connectivity index (χ0n) is 15.8. The van der Waals surface area contributed by atoms with Crippen molar-refractivity contribution in [3.63, 3.8) is 0 Å².